The van der Waals surface area contributed by atoms with Gasteiger partial charge in [-0.25, -0.2) is 0 Å². The van der Waals surface area contributed by atoms with Crippen molar-refractivity contribution < 1.29 is 9.53 Å². The third kappa shape index (κ3) is 2.62. The van der Waals surface area contributed by atoms with Crippen molar-refractivity contribution in [1.29, 1.82) is 0 Å². The molecule has 0 radical (unpaired) electrons. The number of carbonyl (C=O) groups excluding carboxylic acids is 1. The topological polar surface area (TPSA) is 67.0 Å². The van der Waals surface area contributed by atoms with Crippen LogP contribution in [0.2, 0.25) is 0 Å². The normalized spacial score (nSPS) is 10.6. The second-order valence-corrected chi connectivity index (χ2v) is 5.30. The molecule has 1 heterocycles. The molecule has 0 aliphatic rings. The van der Waals surface area contributed by atoms with Gasteiger partial charge in [0.2, 0.25) is 0 Å². The predicted molar refractivity (Wildman–Crippen MR) is 84.7 cm³/mol. The van der Waals surface area contributed by atoms with Crippen molar-refractivity contribution >= 4 is 38.4 Å². The lowest BCUT2D eigenvalue weighted by Crippen LogP contribution is -2.12. The monoisotopic (exact) mass is 345 g/mol. The minimum atomic E-state index is -0.194. The lowest BCUT2D eigenvalue weighted by molar-refractivity contribution is 0.102. The average molecular weight is 346 g/mol. The Labute approximate surface area is 129 Å². The van der Waals surface area contributed by atoms with Crippen LogP contribution in [0.15, 0.2) is 47.1 Å². The molecule has 5 nitrogen and oxygen atoms in total. The molecular weight excluding hydrogens is 334 g/mol. The Bertz CT molecular complexity index is 814. The van der Waals surface area contributed by atoms with Gasteiger partial charge in [0.25, 0.3) is 5.91 Å². The van der Waals surface area contributed by atoms with Gasteiger partial charge in [0.15, 0.2) is 0 Å². The first-order valence-electron chi connectivity index (χ1n) is 6.26. The number of hydrogen-bond acceptors (Lipinski definition) is 3. The number of H-pyrrole nitrogens is 1. The van der Waals surface area contributed by atoms with Crippen molar-refractivity contribution in [3.05, 3.63) is 52.6 Å². The third-order valence-corrected chi connectivity index (χ3v) is 3.76. The maximum atomic E-state index is 12.3. The number of nitrogens with one attached hydrogen (secondary N) is 2. The van der Waals surface area contributed by atoms with Gasteiger partial charge in [-0.3, -0.25) is 9.89 Å². The van der Waals surface area contributed by atoms with Crippen LogP contribution in [0.1, 0.15) is 10.4 Å². The summed E-state index contributed by atoms with van der Waals surface area (Å²) in [7, 11) is 1.58. The van der Waals surface area contributed by atoms with Crippen molar-refractivity contribution in [2.24, 2.45) is 0 Å². The fourth-order valence-electron chi connectivity index (χ4n) is 2.08. The molecule has 0 saturated carbocycles. The fourth-order valence-corrected chi connectivity index (χ4v) is 2.62. The fraction of sp³-hybridized carbons (Fsp3) is 0.0667. The highest BCUT2D eigenvalue weighted by Crippen LogP contribution is 2.26. The summed E-state index contributed by atoms with van der Waals surface area (Å²) in [5, 5.41) is 10.7. The molecule has 1 aromatic heterocycles. The molecule has 0 spiro atoms. The number of hydrogen-bond donors (Lipinski definition) is 2. The second-order valence-electron chi connectivity index (χ2n) is 4.44. The summed E-state index contributed by atoms with van der Waals surface area (Å²) in [5.74, 6) is 0.489. The Hall–Kier alpha value is -2.34. The van der Waals surface area contributed by atoms with E-state index in [2.05, 4.69) is 31.4 Å². The Morgan fingerprint density at radius 3 is 2.95 bits per heavy atom. The summed E-state index contributed by atoms with van der Waals surface area (Å²) in [6, 6.07) is 10.8. The number of ether oxygens (including phenoxy) is 1. The molecule has 2 aromatic carbocycles. The number of halogens is 1. The summed E-state index contributed by atoms with van der Waals surface area (Å²) in [4.78, 5) is 12.3. The van der Waals surface area contributed by atoms with E-state index in [9.17, 15) is 4.79 Å². The van der Waals surface area contributed by atoms with Gasteiger partial charge in [0, 0.05) is 10.9 Å². The third-order valence-electron chi connectivity index (χ3n) is 3.14. The van der Waals surface area contributed by atoms with Crippen molar-refractivity contribution in [2.75, 3.05) is 12.4 Å². The minimum absolute atomic E-state index is 0.194. The maximum absolute atomic E-state index is 12.3. The molecule has 0 aliphatic heterocycles. The smallest absolute Gasteiger partial charge is 0.255 e. The van der Waals surface area contributed by atoms with Crippen molar-refractivity contribution in [1.82, 2.24) is 10.2 Å². The van der Waals surface area contributed by atoms with E-state index in [1.165, 1.54) is 0 Å². The van der Waals surface area contributed by atoms with E-state index in [1.54, 1.807) is 31.5 Å². The first-order valence-corrected chi connectivity index (χ1v) is 7.05. The lowest BCUT2D eigenvalue weighted by atomic mass is 10.2. The van der Waals surface area contributed by atoms with Crippen LogP contribution in [0.4, 0.5) is 5.69 Å². The molecule has 0 saturated heterocycles. The van der Waals surface area contributed by atoms with Gasteiger partial charge in [0.1, 0.15) is 5.75 Å². The average Bonchev–Trinajstić information content (AvgIpc) is 2.96. The standard InChI is InChI=1S/C15H12BrN3O2/c1-21-13-6-5-9(7-11(13)16)15(20)18-12-4-2-3-10-8-17-19-14(10)12/h2-8H,1H3,(H,17,19)(H,18,20). The largest absolute Gasteiger partial charge is 0.496 e. The highest BCUT2D eigenvalue weighted by atomic mass is 79.9. The van der Waals surface area contributed by atoms with Crippen LogP contribution in [0.25, 0.3) is 10.9 Å². The number of nitrogens with zero attached hydrogens (tertiary/aromatic N) is 1. The molecule has 3 aromatic rings. The van der Waals surface area contributed by atoms with Crippen LogP contribution >= 0.6 is 15.9 Å². The molecule has 6 heteroatoms. The van der Waals surface area contributed by atoms with Gasteiger partial charge in [-0.2, -0.15) is 5.10 Å². The molecule has 0 unspecified atom stereocenters. The number of anilines is 1. The van der Waals surface area contributed by atoms with Crippen LogP contribution < -0.4 is 10.1 Å². The predicted octanol–water partition coefficient (Wildman–Crippen LogP) is 3.59. The van der Waals surface area contributed by atoms with Crippen LogP contribution in [-0.2, 0) is 0 Å². The van der Waals surface area contributed by atoms with Gasteiger partial charge in [-0.05, 0) is 40.2 Å². The highest BCUT2D eigenvalue weighted by molar-refractivity contribution is 9.10. The van der Waals surface area contributed by atoms with Crippen LogP contribution in [0.3, 0.4) is 0 Å². The van der Waals surface area contributed by atoms with Gasteiger partial charge in [-0.15, -0.1) is 0 Å². The van der Waals surface area contributed by atoms with E-state index in [-0.39, 0.29) is 5.91 Å². The molecule has 21 heavy (non-hydrogen) atoms. The second kappa shape index (κ2) is 5.57. The van der Waals surface area contributed by atoms with E-state index in [1.807, 2.05) is 18.2 Å². The Morgan fingerprint density at radius 2 is 2.19 bits per heavy atom. The van der Waals surface area contributed by atoms with Crippen LogP contribution in [0, 0.1) is 0 Å². The van der Waals surface area contributed by atoms with E-state index < -0.39 is 0 Å². The molecule has 0 aliphatic carbocycles. The van der Waals surface area contributed by atoms with Crippen LogP contribution in [0.5, 0.6) is 5.75 Å². The number of aromatic amines is 1. The molecule has 2 N–H and O–H groups in total. The quantitative estimate of drug-likeness (QED) is 0.762. The molecule has 106 valence electrons. The number of carbonyl (C=O) groups is 1. The van der Waals surface area contributed by atoms with E-state index in [0.29, 0.717) is 17.0 Å². The number of benzene rings is 2. The summed E-state index contributed by atoms with van der Waals surface area (Å²) in [5.41, 5.74) is 2.04. The van der Waals surface area contributed by atoms with Crippen molar-refractivity contribution in [3.8, 4) is 5.75 Å². The van der Waals surface area contributed by atoms with E-state index in [4.69, 9.17) is 4.74 Å². The molecule has 0 fully saturated rings. The molecule has 1 amide bonds. The summed E-state index contributed by atoms with van der Waals surface area (Å²) >= 11 is 3.37. The van der Waals surface area contributed by atoms with Crippen LogP contribution in [-0.4, -0.2) is 23.2 Å². The van der Waals surface area contributed by atoms with E-state index >= 15 is 0 Å². The maximum Gasteiger partial charge on any atom is 0.255 e. The van der Waals surface area contributed by atoms with Gasteiger partial charge in [0.05, 0.1) is 29.0 Å². The summed E-state index contributed by atoms with van der Waals surface area (Å²) in [6.45, 7) is 0. The molecule has 0 bridgehead atoms. The van der Waals surface area contributed by atoms with Gasteiger partial charge >= 0.3 is 0 Å². The Morgan fingerprint density at radius 1 is 1.33 bits per heavy atom. The van der Waals surface area contributed by atoms with E-state index in [0.717, 1.165) is 15.4 Å². The zero-order chi connectivity index (χ0) is 14.8. The zero-order valence-corrected chi connectivity index (χ0v) is 12.8. The number of methoxy groups -OCH3 is 1. The zero-order valence-electron chi connectivity index (χ0n) is 11.2. The Balaban J connectivity index is 1.89. The number of para-hydroxylation sites is 1. The number of aromatic nitrogens is 2. The molecular formula is C15H12BrN3O2. The minimum Gasteiger partial charge on any atom is -0.496 e. The Kier molecular flexibility index (Phi) is 3.62. The number of fused-ring (bicyclic) bond motifs is 1. The number of rotatable bonds is 3. The lowest BCUT2D eigenvalue weighted by Gasteiger charge is -2.08. The van der Waals surface area contributed by atoms with Crippen molar-refractivity contribution in [3.63, 3.8) is 0 Å². The molecule has 0 atom stereocenters. The summed E-state index contributed by atoms with van der Waals surface area (Å²) in [6.07, 6.45) is 1.72. The van der Waals surface area contributed by atoms with Gasteiger partial charge < -0.3 is 10.1 Å². The first kappa shape index (κ1) is 13.6. The highest BCUT2D eigenvalue weighted by Gasteiger charge is 2.11. The first-order chi connectivity index (χ1) is 10.2. The number of amides is 1. The van der Waals surface area contributed by atoms with Gasteiger partial charge in [-0.1, -0.05) is 12.1 Å². The summed E-state index contributed by atoms with van der Waals surface area (Å²) < 4.78 is 5.89. The SMILES string of the molecule is COc1ccc(C(=O)Nc2cccc3cn[nH]c23)cc1Br. The van der Waals surface area contributed by atoms with Crippen molar-refractivity contribution in [2.45, 2.75) is 0 Å². The molecule has 3 rings (SSSR count).